The number of hydrogen-bond donors (Lipinski definition) is 0. The maximum Gasteiger partial charge on any atom is 0.385 e. The van der Waals surface area contributed by atoms with Gasteiger partial charge in [0.2, 0.25) is 0 Å². The molecule has 1 unspecified atom stereocenters. The molecule has 17 heavy (non-hydrogen) atoms. The van der Waals surface area contributed by atoms with Crippen LogP contribution in [0.15, 0.2) is 0 Å². The van der Waals surface area contributed by atoms with Crippen LogP contribution in [0.5, 0.6) is 0 Å². The predicted molar refractivity (Wildman–Crippen MR) is 93.1 cm³/mol. The van der Waals surface area contributed by atoms with E-state index in [2.05, 4.69) is 80.7 Å². The molecule has 0 spiro atoms. The fourth-order valence-corrected chi connectivity index (χ4v) is 27.4. The largest absolute Gasteiger partial charge is 0.437 e. The second-order valence-electron chi connectivity index (χ2n) is 6.77. The summed E-state index contributed by atoms with van der Waals surface area (Å²) in [5.41, 5.74) is 0. The van der Waals surface area contributed by atoms with E-state index in [0.717, 1.165) is 0 Å². The van der Waals surface area contributed by atoms with Gasteiger partial charge in [0, 0.05) is 0 Å². The van der Waals surface area contributed by atoms with Crippen molar-refractivity contribution in [3.8, 4) is 0 Å². The van der Waals surface area contributed by atoms with Crippen molar-refractivity contribution in [2.24, 2.45) is 0 Å². The lowest BCUT2D eigenvalue weighted by Gasteiger charge is -2.38. The van der Waals surface area contributed by atoms with Gasteiger partial charge in [-0.25, -0.2) is 0 Å². The van der Waals surface area contributed by atoms with Gasteiger partial charge in [-0.15, -0.1) is 0 Å². The molecule has 0 fully saturated rings. The van der Waals surface area contributed by atoms with Crippen LogP contribution < -0.4 is 0 Å². The first-order valence-electron chi connectivity index (χ1n) is 5.91. The monoisotopic (exact) mass is 422 g/mol. The molecule has 0 heterocycles. The van der Waals surface area contributed by atoms with Crippen LogP contribution in [0.2, 0.25) is 58.9 Å². The Kier molecular flexibility index (Phi) is 6.36. The van der Waals surface area contributed by atoms with E-state index >= 15 is 0 Å². The van der Waals surface area contributed by atoms with Gasteiger partial charge in [-0.2, -0.15) is 0 Å². The van der Waals surface area contributed by atoms with Crippen molar-refractivity contribution in [3.63, 3.8) is 0 Å². The highest BCUT2D eigenvalue weighted by Crippen LogP contribution is 2.27. The second-order valence-corrected chi connectivity index (χ2v) is 28.0. The van der Waals surface area contributed by atoms with E-state index in [4.69, 9.17) is 12.3 Å². The Balaban J connectivity index is 4.59. The van der Waals surface area contributed by atoms with Crippen LogP contribution >= 0.6 is 21.8 Å². The Labute approximate surface area is 124 Å². The van der Waals surface area contributed by atoms with Gasteiger partial charge in [-0.1, -0.05) is 21.8 Å². The molecule has 0 aromatic rings. The highest BCUT2D eigenvalue weighted by molar-refractivity contribution is 14.1. The van der Waals surface area contributed by atoms with Crippen LogP contribution in [0.25, 0.3) is 0 Å². The first kappa shape index (κ1) is 18.5. The van der Waals surface area contributed by atoms with Gasteiger partial charge >= 0.3 is 14.6 Å². The molecule has 0 saturated carbocycles. The van der Waals surface area contributed by atoms with E-state index in [1.165, 1.54) is 0 Å². The molecular formula is C9H27IO3Si4. The van der Waals surface area contributed by atoms with Crippen LogP contribution in [0.4, 0.5) is 0 Å². The summed E-state index contributed by atoms with van der Waals surface area (Å²) in [6.07, 6.45) is 0. The van der Waals surface area contributed by atoms with Gasteiger partial charge in [-0.3, -0.25) is 0 Å². The zero-order valence-electron chi connectivity index (χ0n) is 12.6. The molecule has 3 nitrogen and oxygen atoms in total. The van der Waals surface area contributed by atoms with Crippen molar-refractivity contribution in [2.45, 2.75) is 58.9 Å². The summed E-state index contributed by atoms with van der Waals surface area (Å²) >= 11 is 2.38. The summed E-state index contributed by atoms with van der Waals surface area (Å²) in [5, 5.41) is 0. The summed E-state index contributed by atoms with van der Waals surface area (Å²) in [6.45, 7) is 19.6. The first-order chi connectivity index (χ1) is 7.12. The molecule has 8 heteroatoms. The Hall–Kier alpha value is 1.48. The highest BCUT2D eigenvalue weighted by atomic mass is 127. The van der Waals surface area contributed by atoms with Gasteiger partial charge in [0.15, 0.2) is 16.6 Å². The van der Waals surface area contributed by atoms with Crippen molar-refractivity contribution >= 4 is 53.1 Å². The molecule has 0 aliphatic rings. The molecule has 0 aliphatic heterocycles. The van der Waals surface area contributed by atoms with Crippen molar-refractivity contribution in [2.75, 3.05) is 0 Å². The fourth-order valence-electron chi connectivity index (χ4n) is 1.76. The molecule has 104 valence electrons. The fraction of sp³-hybridized carbons (Fsp3) is 1.00. The highest BCUT2D eigenvalue weighted by Gasteiger charge is 2.42. The van der Waals surface area contributed by atoms with E-state index in [-0.39, 0.29) is 0 Å². The molecule has 0 rings (SSSR count). The standard InChI is InChI=1S/C9H27IO3Si4/c1-14(2,3)11-16(7,8)13-17(9,10)12-15(4,5)6/h1-9H3. The summed E-state index contributed by atoms with van der Waals surface area (Å²) in [4.78, 5) is 0. The average molecular weight is 423 g/mol. The molecule has 0 N–H and O–H groups in total. The average Bonchev–Trinajstić information content (AvgIpc) is 1.65. The molecular weight excluding hydrogens is 395 g/mol. The quantitative estimate of drug-likeness (QED) is 0.361. The minimum absolute atomic E-state index is 1.54. The Morgan fingerprint density at radius 3 is 1.24 bits per heavy atom. The zero-order chi connectivity index (χ0) is 14.1. The van der Waals surface area contributed by atoms with E-state index in [1.54, 1.807) is 0 Å². The van der Waals surface area contributed by atoms with E-state index in [9.17, 15) is 0 Å². The Bertz CT molecular complexity index is 232. The van der Waals surface area contributed by atoms with Crippen LogP contribution in [0, 0.1) is 0 Å². The predicted octanol–water partition coefficient (Wildman–Crippen LogP) is 4.41. The van der Waals surface area contributed by atoms with Gasteiger partial charge in [0.1, 0.15) is 0 Å². The minimum atomic E-state index is -2.08. The third kappa shape index (κ3) is 11.0. The van der Waals surface area contributed by atoms with E-state index in [1.807, 2.05) is 0 Å². The number of rotatable bonds is 6. The number of hydrogen-bond acceptors (Lipinski definition) is 3. The smallest absolute Gasteiger partial charge is 0.385 e. The van der Waals surface area contributed by atoms with E-state index < -0.39 is 31.3 Å². The van der Waals surface area contributed by atoms with Crippen molar-refractivity contribution in [1.29, 1.82) is 0 Å². The third-order valence-corrected chi connectivity index (χ3v) is 17.2. The van der Waals surface area contributed by atoms with Gasteiger partial charge in [0.25, 0.3) is 0 Å². The van der Waals surface area contributed by atoms with Crippen LogP contribution in [-0.2, 0) is 12.3 Å². The topological polar surface area (TPSA) is 27.7 Å². The Morgan fingerprint density at radius 1 is 0.588 bits per heavy atom. The molecule has 0 aromatic carbocycles. The van der Waals surface area contributed by atoms with Crippen LogP contribution in [0.1, 0.15) is 0 Å². The molecule has 0 aliphatic carbocycles. The second kappa shape index (κ2) is 5.85. The van der Waals surface area contributed by atoms with Crippen molar-refractivity contribution < 1.29 is 12.3 Å². The molecule has 0 bridgehead atoms. The Morgan fingerprint density at radius 2 is 0.941 bits per heavy atom. The summed E-state index contributed by atoms with van der Waals surface area (Å²) in [6, 6.07) is -2.08. The molecule has 0 amide bonds. The van der Waals surface area contributed by atoms with Gasteiger partial charge in [0.05, 0.1) is 0 Å². The van der Waals surface area contributed by atoms with Crippen LogP contribution in [-0.4, -0.2) is 31.3 Å². The maximum absolute atomic E-state index is 6.27. The zero-order valence-corrected chi connectivity index (χ0v) is 18.8. The molecule has 0 radical (unpaired) electrons. The molecule has 0 saturated heterocycles. The van der Waals surface area contributed by atoms with Gasteiger partial charge in [-0.05, 0) is 58.9 Å². The third-order valence-electron chi connectivity index (χ3n) is 1.47. The van der Waals surface area contributed by atoms with Crippen LogP contribution in [0.3, 0.4) is 0 Å². The maximum atomic E-state index is 6.27. The SMILES string of the molecule is C[Si](C)(C)O[Si](C)(C)O[Si](C)(I)O[Si](C)(C)C. The summed E-state index contributed by atoms with van der Waals surface area (Å²) in [5.74, 6) is 0. The lowest BCUT2D eigenvalue weighted by molar-refractivity contribution is 0.349. The lowest BCUT2D eigenvalue weighted by atomic mass is 11.8. The summed E-state index contributed by atoms with van der Waals surface area (Å²) in [7, 11) is -5.14. The first-order valence-corrected chi connectivity index (χ1v) is 21.0. The summed E-state index contributed by atoms with van der Waals surface area (Å²) < 4.78 is 18.7. The minimum Gasteiger partial charge on any atom is -0.437 e. The normalized spacial score (nSPS) is 18.0. The molecule has 0 aromatic heterocycles. The number of halogens is 1. The van der Waals surface area contributed by atoms with Crippen molar-refractivity contribution in [1.82, 2.24) is 0 Å². The molecule has 1 atom stereocenters. The van der Waals surface area contributed by atoms with Crippen molar-refractivity contribution in [3.05, 3.63) is 0 Å². The van der Waals surface area contributed by atoms with Gasteiger partial charge < -0.3 is 12.3 Å². The lowest BCUT2D eigenvalue weighted by Crippen LogP contribution is -2.54. The van der Waals surface area contributed by atoms with E-state index in [0.29, 0.717) is 0 Å².